The van der Waals surface area contributed by atoms with Crippen molar-refractivity contribution in [1.82, 2.24) is 10.3 Å². The van der Waals surface area contributed by atoms with Crippen LogP contribution < -0.4 is 5.32 Å². The van der Waals surface area contributed by atoms with Crippen LogP contribution in [0.4, 0.5) is 0 Å². The van der Waals surface area contributed by atoms with Gasteiger partial charge in [-0.05, 0) is 31.0 Å². The molecule has 1 amide bonds. The van der Waals surface area contributed by atoms with E-state index in [2.05, 4.69) is 10.3 Å². The molecule has 1 aromatic heterocycles. The van der Waals surface area contributed by atoms with E-state index in [1.54, 1.807) is 6.92 Å². The summed E-state index contributed by atoms with van der Waals surface area (Å²) in [5.41, 5.74) is 1.80. The normalized spacial score (nSPS) is 10.5. The molecule has 0 aliphatic rings. The van der Waals surface area contributed by atoms with Crippen molar-refractivity contribution in [2.24, 2.45) is 0 Å². The van der Waals surface area contributed by atoms with Gasteiger partial charge in [0.05, 0.1) is 24.5 Å². The Labute approximate surface area is 160 Å². The third-order valence-corrected chi connectivity index (χ3v) is 5.46. The highest BCUT2D eigenvalue weighted by molar-refractivity contribution is 8.01. The Morgan fingerprint density at radius 1 is 1.32 bits per heavy atom. The van der Waals surface area contributed by atoms with E-state index in [9.17, 15) is 9.59 Å². The first-order valence-electron chi connectivity index (χ1n) is 7.80. The number of aromatic nitrogens is 1. The molecular weight excluding hydrogens is 380 g/mol. The Balaban J connectivity index is 1.67. The Hall–Kier alpha value is -1.57. The minimum absolute atomic E-state index is 0.0406. The number of carbonyl (C=O) groups excluding carboxylic acids is 2. The third kappa shape index (κ3) is 7.46. The van der Waals surface area contributed by atoms with Gasteiger partial charge in [-0.3, -0.25) is 9.59 Å². The van der Waals surface area contributed by atoms with Crippen molar-refractivity contribution in [1.29, 1.82) is 0 Å². The number of halogens is 1. The largest absolute Gasteiger partial charge is 0.466 e. The van der Waals surface area contributed by atoms with Gasteiger partial charge in [0.1, 0.15) is 0 Å². The summed E-state index contributed by atoms with van der Waals surface area (Å²) in [7, 11) is 0. The van der Waals surface area contributed by atoms with Crippen molar-refractivity contribution in [2.75, 3.05) is 18.9 Å². The van der Waals surface area contributed by atoms with Crippen LogP contribution in [0.2, 0.25) is 5.02 Å². The van der Waals surface area contributed by atoms with Gasteiger partial charge in [-0.25, -0.2) is 4.98 Å². The number of carbonyl (C=O) groups is 2. The average Bonchev–Trinajstić information content (AvgIpc) is 3.02. The molecule has 2 aromatic rings. The summed E-state index contributed by atoms with van der Waals surface area (Å²) in [6, 6.07) is 7.57. The molecule has 134 valence electrons. The molecule has 0 unspecified atom stereocenters. The summed E-state index contributed by atoms with van der Waals surface area (Å²) >= 11 is 8.63. The van der Waals surface area contributed by atoms with E-state index in [1.807, 2.05) is 29.6 Å². The minimum Gasteiger partial charge on any atom is -0.466 e. The lowest BCUT2D eigenvalue weighted by molar-refractivity contribution is -0.142. The fraction of sp³-hybridized carbons (Fsp3) is 0.353. The zero-order valence-corrected chi connectivity index (χ0v) is 16.2. The molecule has 0 radical (unpaired) electrons. The number of amides is 1. The van der Waals surface area contributed by atoms with Gasteiger partial charge in [-0.2, -0.15) is 0 Å². The summed E-state index contributed by atoms with van der Waals surface area (Å²) in [5, 5.41) is 5.40. The van der Waals surface area contributed by atoms with Crippen LogP contribution in [0.3, 0.4) is 0 Å². The molecule has 5 nitrogen and oxygen atoms in total. The SMILES string of the molecule is CCOC(=O)Cc1csc(SCC(=O)NCCc2ccc(Cl)cc2)n1. The molecule has 1 N–H and O–H groups in total. The molecule has 8 heteroatoms. The second-order valence-corrected chi connectivity index (χ2v) is 7.62. The fourth-order valence-electron chi connectivity index (χ4n) is 1.97. The van der Waals surface area contributed by atoms with Crippen molar-refractivity contribution in [3.05, 3.63) is 45.9 Å². The van der Waals surface area contributed by atoms with Gasteiger partial charge in [-0.15, -0.1) is 11.3 Å². The zero-order valence-electron chi connectivity index (χ0n) is 13.8. The number of nitrogens with one attached hydrogen (secondary N) is 1. The number of hydrogen-bond donors (Lipinski definition) is 1. The Kier molecular flexibility index (Phi) is 8.24. The first-order valence-corrected chi connectivity index (χ1v) is 10.0. The van der Waals surface area contributed by atoms with E-state index in [0.29, 0.717) is 29.6 Å². The van der Waals surface area contributed by atoms with Crippen molar-refractivity contribution < 1.29 is 14.3 Å². The van der Waals surface area contributed by atoms with Crippen LogP contribution in [0.1, 0.15) is 18.2 Å². The predicted molar refractivity (Wildman–Crippen MR) is 101 cm³/mol. The number of hydrogen-bond acceptors (Lipinski definition) is 6. The Morgan fingerprint density at radius 3 is 2.80 bits per heavy atom. The Morgan fingerprint density at radius 2 is 2.08 bits per heavy atom. The van der Waals surface area contributed by atoms with E-state index < -0.39 is 0 Å². The van der Waals surface area contributed by atoms with Crippen LogP contribution in [-0.2, 0) is 27.2 Å². The molecule has 0 atom stereocenters. The monoisotopic (exact) mass is 398 g/mol. The van der Waals surface area contributed by atoms with Crippen LogP contribution >= 0.6 is 34.7 Å². The maximum absolute atomic E-state index is 11.9. The van der Waals surface area contributed by atoms with E-state index >= 15 is 0 Å². The predicted octanol–water partition coefficient (Wildman–Crippen LogP) is 3.35. The van der Waals surface area contributed by atoms with Crippen molar-refractivity contribution in [2.45, 2.75) is 24.1 Å². The molecular formula is C17H19ClN2O3S2. The number of nitrogens with zero attached hydrogens (tertiary/aromatic N) is 1. The molecule has 0 aliphatic carbocycles. The lowest BCUT2D eigenvalue weighted by Gasteiger charge is -2.04. The number of thioether (sulfide) groups is 1. The van der Waals surface area contributed by atoms with Gasteiger partial charge < -0.3 is 10.1 Å². The topological polar surface area (TPSA) is 68.3 Å². The van der Waals surface area contributed by atoms with E-state index in [4.69, 9.17) is 16.3 Å². The highest BCUT2D eigenvalue weighted by Crippen LogP contribution is 2.22. The molecule has 0 bridgehead atoms. The smallest absolute Gasteiger partial charge is 0.311 e. The summed E-state index contributed by atoms with van der Waals surface area (Å²) in [5.74, 6) is -0.0297. The summed E-state index contributed by atoms with van der Waals surface area (Å²) < 4.78 is 5.66. The number of esters is 1. The van der Waals surface area contributed by atoms with E-state index in [0.717, 1.165) is 16.3 Å². The van der Waals surface area contributed by atoms with Crippen molar-refractivity contribution >= 4 is 46.6 Å². The number of thiazole rings is 1. The molecule has 0 fully saturated rings. The van der Waals surface area contributed by atoms with Gasteiger partial charge in [0.25, 0.3) is 0 Å². The van der Waals surface area contributed by atoms with E-state index in [1.165, 1.54) is 23.1 Å². The van der Waals surface area contributed by atoms with Crippen LogP contribution in [0.15, 0.2) is 34.0 Å². The molecule has 1 heterocycles. The minimum atomic E-state index is -0.288. The quantitative estimate of drug-likeness (QED) is 0.518. The first kappa shape index (κ1) is 19.8. The molecule has 0 saturated carbocycles. The van der Waals surface area contributed by atoms with Gasteiger partial charge in [0, 0.05) is 16.9 Å². The summed E-state index contributed by atoms with van der Waals surface area (Å²) in [6.45, 7) is 2.71. The molecule has 2 rings (SSSR count). The van der Waals surface area contributed by atoms with Crippen molar-refractivity contribution in [3.63, 3.8) is 0 Å². The first-order chi connectivity index (χ1) is 12.1. The van der Waals surface area contributed by atoms with E-state index in [-0.39, 0.29) is 18.3 Å². The van der Waals surface area contributed by atoms with Crippen LogP contribution in [0.25, 0.3) is 0 Å². The maximum Gasteiger partial charge on any atom is 0.311 e. The zero-order chi connectivity index (χ0) is 18.1. The number of ether oxygens (including phenoxy) is 1. The molecule has 0 aliphatic heterocycles. The Bertz CT molecular complexity index is 704. The average molecular weight is 399 g/mol. The summed E-state index contributed by atoms with van der Waals surface area (Å²) in [6.07, 6.45) is 0.923. The molecule has 0 spiro atoms. The molecule has 25 heavy (non-hydrogen) atoms. The van der Waals surface area contributed by atoms with Crippen LogP contribution in [0, 0.1) is 0 Å². The van der Waals surface area contributed by atoms with Crippen LogP contribution in [-0.4, -0.2) is 35.8 Å². The van der Waals surface area contributed by atoms with Gasteiger partial charge in [0.2, 0.25) is 5.91 Å². The third-order valence-electron chi connectivity index (χ3n) is 3.14. The second kappa shape index (κ2) is 10.4. The second-order valence-electron chi connectivity index (χ2n) is 5.10. The highest BCUT2D eigenvalue weighted by atomic mass is 35.5. The number of benzene rings is 1. The number of rotatable bonds is 9. The lowest BCUT2D eigenvalue weighted by Crippen LogP contribution is -2.27. The van der Waals surface area contributed by atoms with Gasteiger partial charge in [0.15, 0.2) is 4.34 Å². The standard InChI is InChI=1S/C17H19ClN2O3S2/c1-2-23-16(22)9-14-10-24-17(20-14)25-11-15(21)19-8-7-12-3-5-13(18)6-4-12/h3-6,10H,2,7-9,11H2,1H3,(H,19,21). The summed E-state index contributed by atoms with van der Waals surface area (Å²) in [4.78, 5) is 27.6. The van der Waals surface area contributed by atoms with Gasteiger partial charge in [-0.1, -0.05) is 35.5 Å². The fourth-order valence-corrected chi connectivity index (χ4v) is 3.77. The maximum atomic E-state index is 11.9. The van der Waals surface area contributed by atoms with Gasteiger partial charge >= 0.3 is 5.97 Å². The lowest BCUT2D eigenvalue weighted by atomic mass is 10.1. The van der Waals surface area contributed by atoms with Crippen molar-refractivity contribution in [3.8, 4) is 0 Å². The highest BCUT2D eigenvalue weighted by Gasteiger charge is 2.10. The van der Waals surface area contributed by atoms with Crippen LogP contribution in [0.5, 0.6) is 0 Å². The molecule has 1 aromatic carbocycles. The molecule has 0 saturated heterocycles.